The Hall–Kier alpha value is -1.41. The van der Waals surface area contributed by atoms with Gasteiger partial charge in [-0.05, 0) is 44.7 Å². The molecular formula is C17H28N4O3S. The monoisotopic (exact) mass is 368 g/mol. The Kier molecular flexibility index (Phi) is 5.78. The molecule has 0 radical (unpaired) electrons. The Morgan fingerprint density at radius 2 is 2.16 bits per heavy atom. The maximum Gasteiger partial charge on any atom is 0.221 e. The van der Waals surface area contributed by atoms with E-state index in [4.69, 9.17) is 0 Å². The SMILES string of the molecule is CN(CCC(=O)NCCc1n[nH]c2c1CCCC2)C1CCS(=O)(=O)C1. The number of fused-ring (bicyclic) bond motifs is 1. The van der Waals surface area contributed by atoms with E-state index in [9.17, 15) is 13.2 Å². The standard InChI is InChI=1S/C17H28N4O3S/c1-21(13-8-11-25(23,24)12-13)10-7-17(22)18-9-6-16-14-4-2-3-5-15(14)19-20-16/h13H,2-12H2,1H3,(H,18,22)(H,19,20). The van der Waals surface area contributed by atoms with Crippen LogP contribution in [-0.2, 0) is 33.9 Å². The lowest BCUT2D eigenvalue weighted by atomic mass is 9.95. The predicted molar refractivity (Wildman–Crippen MR) is 96.2 cm³/mol. The Bertz CT molecular complexity index is 713. The summed E-state index contributed by atoms with van der Waals surface area (Å²) in [4.78, 5) is 14.0. The molecule has 1 atom stereocenters. The number of sulfone groups is 1. The van der Waals surface area contributed by atoms with Crippen LogP contribution in [-0.4, -0.2) is 67.1 Å². The van der Waals surface area contributed by atoms with Crippen molar-refractivity contribution < 1.29 is 13.2 Å². The van der Waals surface area contributed by atoms with E-state index in [0.717, 1.165) is 25.0 Å². The fourth-order valence-electron chi connectivity index (χ4n) is 3.75. The van der Waals surface area contributed by atoms with Gasteiger partial charge >= 0.3 is 0 Å². The summed E-state index contributed by atoms with van der Waals surface area (Å²) in [6.07, 6.45) is 6.43. The van der Waals surface area contributed by atoms with Crippen LogP contribution >= 0.6 is 0 Å². The maximum atomic E-state index is 12.0. The van der Waals surface area contributed by atoms with E-state index >= 15 is 0 Å². The minimum Gasteiger partial charge on any atom is -0.356 e. The quantitative estimate of drug-likeness (QED) is 0.729. The van der Waals surface area contributed by atoms with Crippen LogP contribution in [0, 0.1) is 0 Å². The van der Waals surface area contributed by atoms with Crippen molar-refractivity contribution >= 4 is 15.7 Å². The summed E-state index contributed by atoms with van der Waals surface area (Å²) < 4.78 is 23.1. The number of nitrogens with zero attached hydrogens (tertiary/aromatic N) is 2. The molecule has 8 heteroatoms. The number of amides is 1. The molecule has 3 rings (SSSR count). The summed E-state index contributed by atoms with van der Waals surface area (Å²) >= 11 is 0. The van der Waals surface area contributed by atoms with Crippen LogP contribution in [0.15, 0.2) is 0 Å². The molecule has 0 spiro atoms. The molecule has 1 aromatic heterocycles. The Labute approximate surface area is 149 Å². The molecule has 1 aliphatic carbocycles. The molecule has 1 aromatic rings. The molecule has 2 N–H and O–H groups in total. The van der Waals surface area contributed by atoms with Crippen LogP contribution in [0.3, 0.4) is 0 Å². The van der Waals surface area contributed by atoms with Gasteiger partial charge in [0.25, 0.3) is 0 Å². The van der Waals surface area contributed by atoms with Gasteiger partial charge in [-0.3, -0.25) is 9.89 Å². The van der Waals surface area contributed by atoms with Crippen molar-refractivity contribution in [3.05, 3.63) is 17.0 Å². The van der Waals surface area contributed by atoms with Crippen molar-refractivity contribution in [1.29, 1.82) is 0 Å². The summed E-state index contributed by atoms with van der Waals surface area (Å²) in [5.74, 6) is 0.495. The number of carbonyl (C=O) groups excluding carboxylic acids is 1. The van der Waals surface area contributed by atoms with Crippen LogP contribution in [0.4, 0.5) is 0 Å². The Morgan fingerprint density at radius 3 is 2.92 bits per heavy atom. The van der Waals surface area contributed by atoms with E-state index in [-0.39, 0.29) is 23.5 Å². The highest BCUT2D eigenvalue weighted by atomic mass is 32.2. The molecule has 2 heterocycles. The van der Waals surface area contributed by atoms with Crippen molar-refractivity contribution in [2.75, 3.05) is 31.6 Å². The van der Waals surface area contributed by atoms with E-state index in [1.807, 2.05) is 11.9 Å². The zero-order valence-corrected chi connectivity index (χ0v) is 15.7. The number of carbonyl (C=O) groups is 1. The molecule has 140 valence electrons. The number of hydrogen-bond acceptors (Lipinski definition) is 5. The lowest BCUT2D eigenvalue weighted by Gasteiger charge is -2.22. The number of nitrogens with one attached hydrogen (secondary N) is 2. The van der Waals surface area contributed by atoms with Crippen molar-refractivity contribution in [3.63, 3.8) is 0 Å². The van der Waals surface area contributed by atoms with Crippen LogP contribution in [0.1, 0.15) is 42.6 Å². The van der Waals surface area contributed by atoms with E-state index in [2.05, 4.69) is 15.5 Å². The maximum absolute atomic E-state index is 12.0. The largest absolute Gasteiger partial charge is 0.356 e. The van der Waals surface area contributed by atoms with Crippen molar-refractivity contribution in [3.8, 4) is 0 Å². The lowest BCUT2D eigenvalue weighted by Crippen LogP contribution is -2.36. The van der Waals surface area contributed by atoms with E-state index in [1.165, 1.54) is 24.1 Å². The molecule has 7 nitrogen and oxygen atoms in total. The number of aromatic amines is 1. The van der Waals surface area contributed by atoms with E-state index in [0.29, 0.717) is 25.9 Å². The van der Waals surface area contributed by atoms with Gasteiger partial charge in [-0.25, -0.2) is 8.42 Å². The Balaban J connectivity index is 1.36. The number of aromatic nitrogens is 2. The second kappa shape index (κ2) is 7.86. The highest BCUT2D eigenvalue weighted by Gasteiger charge is 2.30. The van der Waals surface area contributed by atoms with Gasteiger partial charge in [0, 0.05) is 37.7 Å². The topological polar surface area (TPSA) is 95.2 Å². The van der Waals surface area contributed by atoms with Gasteiger partial charge < -0.3 is 10.2 Å². The molecule has 0 aromatic carbocycles. The molecule has 1 unspecified atom stereocenters. The van der Waals surface area contributed by atoms with Gasteiger partial charge in [0.05, 0.1) is 17.2 Å². The van der Waals surface area contributed by atoms with Gasteiger partial charge in [0.2, 0.25) is 5.91 Å². The predicted octanol–water partition coefficient (Wildman–Crippen LogP) is 0.456. The van der Waals surface area contributed by atoms with Gasteiger partial charge in [-0.2, -0.15) is 5.10 Å². The van der Waals surface area contributed by atoms with Crippen LogP contribution in [0.5, 0.6) is 0 Å². The van der Waals surface area contributed by atoms with Gasteiger partial charge in [0.1, 0.15) is 0 Å². The summed E-state index contributed by atoms with van der Waals surface area (Å²) in [6.45, 7) is 1.18. The van der Waals surface area contributed by atoms with Crippen LogP contribution in [0.2, 0.25) is 0 Å². The highest BCUT2D eigenvalue weighted by Crippen LogP contribution is 2.22. The van der Waals surface area contributed by atoms with E-state index in [1.54, 1.807) is 0 Å². The number of H-pyrrole nitrogens is 1. The highest BCUT2D eigenvalue weighted by molar-refractivity contribution is 7.91. The first-order chi connectivity index (χ1) is 11.9. The molecule has 25 heavy (non-hydrogen) atoms. The first kappa shape index (κ1) is 18.4. The van der Waals surface area contributed by atoms with Crippen molar-refractivity contribution in [2.45, 2.75) is 51.0 Å². The third-order valence-electron chi connectivity index (χ3n) is 5.35. The molecule has 1 fully saturated rings. The molecule has 0 saturated carbocycles. The smallest absolute Gasteiger partial charge is 0.221 e. The zero-order valence-electron chi connectivity index (χ0n) is 14.9. The van der Waals surface area contributed by atoms with Crippen LogP contribution < -0.4 is 5.32 Å². The number of hydrogen-bond donors (Lipinski definition) is 2. The average Bonchev–Trinajstić information content (AvgIpc) is 3.16. The fourth-order valence-corrected chi connectivity index (χ4v) is 5.55. The van der Waals surface area contributed by atoms with Gasteiger partial charge in [-0.1, -0.05) is 0 Å². The molecule has 0 bridgehead atoms. The van der Waals surface area contributed by atoms with Crippen molar-refractivity contribution in [1.82, 2.24) is 20.4 Å². The third-order valence-corrected chi connectivity index (χ3v) is 7.10. The summed E-state index contributed by atoms with van der Waals surface area (Å²) in [7, 11) is -0.981. The van der Waals surface area contributed by atoms with Crippen LogP contribution in [0.25, 0.3) is 0 Å². The van der Waals surface area contributed by atoms with Crippen molar-refractivity contribution in [2.24, 2.45) is 0 Å². The molecule has 1 saturated heterocycles. The Morgan fingerprint density at radius 1 is 1.36 bits per heavy atom. The lowest BCUT2D eigenvalue weighted by molar-refractivity contribution is -0.121. The first-order valence-corrected chi connectivity index (χ1v) is 11.0. The molecular weight excluding hydrogens is 340 g/mol. The normalized spacial score (nSPS) is 22.1. The molecule has 1 amide bonds. The molecule has 2 aliphatic rings. The zero-order chi connectivity index (χ0) is 17.9. The second-order valence-corrected chi connectivity index (χ2v) is 9.45. The minimum absolute atomic E-state index is 0.0112. The number of aryl methyl sites for hydroxylation is 1. The van der Waals surface area contributed by atoms with Gasteiger partial charge in [0.15, 0.2) is 9.84 Å². The summed E-state index contributed by atoms with van der Waals surface area (Å²) in [6, 6.07) is 0.0494. The summed E-state index contributed by atoms with van der Waals surface area (Å²) in [5.41, 5.74) is 3.70. The van der Waals surface area contributed by atoms with E-state index < -0.39 is 9.84 Å². The van der Waals surface area contributed by atoms with Gasteiger partial charge in [-0.15, -0.1) is 0 Å². The first-order valence-electron chi connectivity index (χ1n) is 9.17. The minimum atomic E-state index is -2.88. The second-order valence-electron chi connectivity index (χ2n) is 7.22. The fraction of sp³-hybridized carbons (Fsp3) is 0.765. The number of rotatable bonds is 7. The third kappa shape index (κ3) is 4.82. The summed E-state index contributed by atoms with van der Waals surface area (Å²) in [5, 5.41) is 10.5. The average molecular weight is 369 g/mol. The molecule has 1 aliphatic heterocycles.